The third-order valence-corrected chi connectivity index (χ3v) is 8.65. The number of likely N-dealkylation sites (tertiary alicyclic amines) is 1. The Kier molecular flexibility index (Phi) is 8.91. The summed E-state index contributed by atoms with van der Waals surface area (Å²) in [6.45, 7) is 5.42. The summed E-state index contributed by atoms with van der Waals surface area (Å²) in [5.74, 6) is 2.96. The minimum absolute atomic E-state index is 0.0299. The van der Waals surface area contributed by atoms with Gasteiger partial charge < -0.3 is 19.4 Å². The number of amides is 2. The van der Waals surface area contributed by atoms with E-state index in [2.05, 4.69) is 4.90 Å². The van der Waals surface area contributed by atoms with E-state index in [1.54, 1.807) is 19.0 Å². The highest BCUT2D eigenvalue weighted by Crippen LogP contribution is 2.42. The third-order valence-electron chi connectivity index (χ3n) is 8.65. The topological polar surface area (TPSA) is 66.0 Å². The number of halogens is 1. The van der Waals surface area contributed by atoms with Crippen molar-refractivity contribution in [1.82, 2.24) is 14.8 Å². The first-order valence-corrected chi connectivity index (χ1v) is 14.9. The van der Waals surface area contributed by atoms with E-state index in [1.807, 2.05) is 48.2 Å². The Morgan fingerprint density at radius 2 is 1.82 bits per heavy atom. The van der Waals surface area contributed by atoms with Gasteiger partial charge in [0.25, 0.3) is 5.91 Å². The van der Waals surface area contributed by atoms with Crippen molar-refractivity contribution in [2.45, 2.75) is 57.3 Å². The van der Waals surface area contributed by atoms with E-state index < -0.39 is 12.6 Å². The Morgan fingerprint density at radius 3 is 2.48 bits per heavy atom. The molecule has 2 aliphatic heterocycles. The summed E-state index contributed by atoms with van der Waals surface area (Å²) in [5.41, 5.74) is 2.54. The zero-order chi connectivity index (χ0) is 28.2. The van der Waals surface area contributed by atoms with Gasteiger partial charge in [-0.3, -0.25) is 14.0 Å². The molecule has 1 atom stereocenters. The van der Waals surface area contributed by atoms with E-state index in [-0.39, 0.29) is 18.2 Å². The van der Waals surface area contributed by atoms with Gasteiger partial charge in [0, 0.05) is 46.2 Å². The summed E-state index contributed by atoms with van der Waals surface area (Å²) in [7, 11) is 3.58. The lowest BCUT2D eigenvalue weighted by Crippen LogP contribution is -2.49. The van der Waals surface area contributed by atoms with Gasteiger partial charge in [-0.2, -0.15) is 0 Å². The standard InChI is InChI=1S/C32H43FN4O3/c1-4-40-26-7-5-6-25(19-26)27(12-15-33)32(39)36-16-13-22(14-17-36)18-23-20-37(21-23)29-11-10-28(31(38)35(2)3)30(34-29)24-8-9-24/h5-7,10-11,19,22-24,27H,4,8-9,12-18,20-21H2,1-3H3. The van der Waals surface area contributed by atoms with Gasteiger partial charge in [0.2, 0.25) is 5.91 Å². The number of alkyl halides is 1. The number of rotatable bonds is 11. The first-order valence-electron chi connectivity index (χ1n) is 14.9. The zero-order valence-electron chi connectivity index (χ0n) is 24.2. The Bertz CT molecular complexity index is 1190. The summed E-state index contributed by atoms with van der Waals surface area (Å²) in [5, 5.41) is 0. The Morgan fingerprint density at radius 1 is 1.07 bits per heavy atom. The number of benzene rings is 1. The lowest BCUT2D eigenvalue weighted by molar-refractivity contribution is -0.134. The van der Waals surface area contributed by atoms with E-state index in [0.29, 0.717) is 24.4 Å². The molecule has 8 heteroatoms. The minimum atomic E-state index is -0.518. The molecule has 7 nitrogen and oxygen atoms in total. The van der Waals surface area contributed by atoms with Gasteiger partial charge in [-0.25, -0.2) is 4.98 Å². The molecule has 0 spiro atoms. The Labute approximate surface area is 237 Å². The lowest BCUT2D eigenvalue weighted by Gasteiger charge is -2.43. The molecule has 1 aromatic carbocycles. The molecular weight excluding hydrogens is 507 g/mol. The maximum absolute atomic E-state index is 13.4. The molecule has 0 bridgehead atoms. The van der Waals surface area contributed by atoms with Crippen molar-refractivity contribution in [3.63, 3.8) is 0 Å². The van der Waals surface area contributed by atoms with E-state index in [0.717, 1.165) is 86.7 Å². The SMILES string of the molecule is CCOc1cccc(C(CCF)C(=O)N2CCC(CC3CN(c4ccc(C(=O)N(C)C)c(C5CC5)n4)C3)CC2)c1. The number of ether oxygens (including phenoxy) is 1. The van der Waals surface area contributed by atoms with Crippen LogP contribution in [0.1, 0.15) is 78.9 Å². The number of hydrogen-bond donors (Lipinski definition) is 0. The number of carbonyl (C=O) groups excluding carboxylic acids is 2. The fourth-order valence-corrected chi connectivity index (χ4v) is 6.25. The van der Waals surface area contributed by atoms with Crippen molar-refractivity contribution in [3.8, 4) is 5.75 Å². The van der Waals surface area contributed by atoms with Gasteiger partial charge >= 0.3 is 0 Å². The van der Waals surface area contributed by atoms with Crippen LogP contribution in [0.5, 0.6) is 5.75 Å². The largest absolute Gasteiger partial charge is 0.494 e. The van der Waals surface area contributed by atoms with Crippen LogP contribution < -0.4 is 9.64 Å². The Balaban J connectivity index is 1.12. The van der Waals surface area contributed by atoms with Gasteiger partial charge in [-0.15, -0.1) is 0 Å². The number of hydrogen-bond acceptors (Lipinski definition) is 5. The molecule has 1 unspecified atom stereocenters. The van der Waals surface area contributed by atoms with Crippen LogP contribution in [-0.2, 0) is 4.79 Å². The van der Waals surface area contributed by atoms with Crippen molar-refractivity contribution in [1.29, 1.82) is 0 Å². The molecule has 2 amide bonds. The summed E-state index contributed by atoms with van der Waals surface area (Å²) in [4.78, 5) is 36.9. The Hall–Kier alpha value is -3.16. The van der Waals surface area contributed by atoms with Gasteiger partial charge in [0.05, 0.1) is 30.5 Å². The number of nitrogens with zero attached hydrogens (tertiary/aromatic N) is 4. The van der Waals surface area contributed by atoms with Gasteiger partial charge in [0.1, 0.15) is 11.6 Å². The molecule has 0 N–H and O–H groups in total. The first kappa shape index (κ1) is 28.4. The van der Waals surface area contributed by atoms with Crippen LogP contribution in [0.25, 0.3) is 0 Å². The molecule has 1 aliphatic carbocycles. The minimum Gasteiger partial charge on any atom is -0.494 e. The maximum Gasteiger partial charge on any atom is 0.255 e. The van der Waals surface area contributed by atoms with Crippen molar-refractivity contribution in [2.75, 3.05) is 58.5 Å². The number of anilines is 1. The van der Waals surface area contributed by atoms with Crippen molar-refractivity contribution < 1.29 is 18.7 Å². The fourth-order valence-electron chi connectivity index (χ4n) is 6.25. The molecule has 1 aromatic heterocycles. The molecule has 0 radical (unpaired) electrons. The molecule has 3 fully saturated rings. The highest BCUT2D eigenvalue weighted by atomic mass is 19.1. The van der Waals surface area contributed by atoms with E-state index in [9.17, 15) is 14.0 Å². The molecule has 216 valence electrons. The monoisotopic (exact) mass is 550 g/mol. The van der Waals surface area contributed by atoms with Crippen LogP contribution in [0.2, 0.25) is 0 Å². The quantitative estimate of drug-likeness (QED) is 0.382. The molecule has 40 heavy (non-hydrogen) atoms. The van der Waals surface area contributed by atoms with Crippen LogP contribution >= 0.6 is 0 Å². The summed E-state index contributed by atoms with van der Waals surface area (Å²) in [6, 6.07) is 11.5. The van der Waals surface area contributed by atoms with Crippen LogP contribution in [0.4, 0.5) is 10.2 Å². The predicted octanol–water partition coefficient (Wildman–Crippen LogP) is 5.27. The highest BCUT2D eigenvalue weighted by molar-refractivity contribution is 5.95. The van der Waals surface area contributed by atoms with Crippen LogP contribution in [0.15, 0.2) is 36.4 Å². The van der Waals surface area contributed by atoms with Gasteiger partial charge in [0.15, 0.2) is 0 Å². The van der Waals surface area contributed by atoms with Crippen LogP contribution in [-0.4, -0.2) is 80.2 Å². The molecule has 3 aliphatic rings. The number of pyridine rings is 1. The molecule has 1 saturated carbocycles. The summed E-state index contributed by atoms with van der Waals surface area (Å²) in [6.07, 6.45) is 5.58. The van der Waals surface area contributed by atoms with Crippen molar-refractivity contribution in [3.05, 3.63) is 53.2 Å². The van der Waals surface area contributed by atoms with Crippen LogP contribution in [0.3, 0.4) is 0 Å². The average molecular weight is 551 g/mol. The highest BCUT2D eigenvalue weighted by Gasteiger charge is 2.35. The van der Waals surface area contributed by atoms with Crippen molar-refractivity contribution in [2.24, 2.45) is 11.8 Å². The fraction of sp³-hybridized carbons (Fsp3) is 0.594. The van der Waals surface area contributed by atoms with Crippen molar-refractivity contribution >= 4 is 17.6 Å². The number of aromatic nitrogens is 1. The predicted molar refractivity (Wildman–Crippen MR) is 155 cm³/mol. The van der Waals surface area contributed by atoms with E-state index >= 15 is 0 Å². The first-order chi connectivity index (χ1) is 19.4. The van der Waals surface area contributed by atoms with E-state index in [4.69, 9.17) is 9.72 Å². The second-order valence-corrected chi connectivity index (χ2v) is 11.9. The molecule has 3 heterocycles. The normalized spacial score (nSPS) is 18.8. The summed E-state index contributed by atoms with van der Waals surface area (Å²) < 4.78 is 19.0. The van der Waals surface area contributed by atoms with Gasteiger partial charge in [-0.1, -0.05) is 12.1 Å². The molecule has 2 saturated heterocycles. The molecule has 2 aromatic rings. The second-order valence-electron chi connectivity index (χ2n) is 11.9. The third kappa shape index (κ3) is 6.42. The van der Waals surface area contributed by atoms with E-state index in [1.165, 1.54) is 0 Å². The molecule has 5 rings (SSSR count). The lowest BCUT2D eigenvalue weighted by atomic mass is 9.83. The summed E-state index contributed by atoms with van der Waals surface area (Å²) >= 11 is 0. The number of carbonyl (C=O) groups is 2. The van der Waals surface area contributed by atoms with Crippen LogP contribution in [0, 0.1) is 11.8 Å². The second kappa shape index (κ2) is 12.6. The number of piperidine rings is 1. The van der Waals surface area contributed by atoms with Gasteiger partial charge in [-0.05, 0) is 87.1 Å². The molecular formula is C32H43FN4O3. The smallest absolute Gasteiger partial charge is 0.255 e. The zero-order valence-corrected chi connectivity index (χ0v) is 24.2. The maximum atomic E-state index is 13.4. The average Bonchev–Trinajstić information content (AvgIpc) is 3.79.